The molecule has 1 atom stereocenters. The Hall–Kier alpha value is -3.02. The minimum absolute atomic E-state index is 0.0343. The molecule has 28 heavy (non-hydrogen) atoms. The number of amides is 2. The number of rotatable bonds is 6. The summed E-state index contributed by atoms with van der Waals surface area (Å²) < 4.78 is 11.0. The van der Waals surface area contributed by atoms with Crippen molar-refractivity contribution in [1.29, 1.82) is 0 Å². The van der Waals surface area contributed by atoms with Gasteiger partial charge in [-0.25, -0.2) is 0 Å². The highest BCUT2D eigenvalue weighted by Gasteiger charge is 2.31. The zero-order valence-corrected chi connectivity index (χ0v) is 16.8. The first kappa shape index (κ1) is 19.7. The predicted octanol–water partition coefficient (Wildman–Crippen LogP) is 3.17. The van der Waals surface area contributed by atoms with Crippen LogP contribution in [0.4, 0.5) is 5.69 Å². The largest absolute Gasteiger partial charge is 0.496 e. The summed E-state index contributed by atoms with van der Waals surface area (Å²) in [6.45, 7) is 4.50. The molecule has 0 bridgehead atoms. The average Bonchev–Trinajstić information content (AvgIpc) is 2.68. The van der Waals surface area contributed by atoms with Gasteiger partial charge < -0.3 is 19.3 Å². The van der Waals surface area contributed by atoms with Gasteiger partial charge >= 0.3 is 0 Å². The molecule has 0 saturated carbocycles. The summed E-state index contributed by atoms with van der Waals surface area (Å²) in [6, 6.07) is 13.3. The summed E-state index contributed by atoms with van der Waals surface area (Å²) >= 11 is 0. The molecule has 0 N–H and O–H groups in total. The van der Waals surface area contributed by atoms with E-state index in [1.807, 2.05) is 49.4 Å². The first-order valence-corrected chi connectivity index (χ1v) is 9.35. The van der Waals surface area contributed by atoms with Crippen LogP contribution in [-0.2, 0) is 16.1 Å². The van der Waals surface area contributed by atoms with Crippen molar-refractivity contribution >= 4 is 17.5 Å². The van der Waals surface area contributed by atoms with Gasteiger partial charge in [-0.3, -0.25) is 9.59 Å². The summed E-state index contributed by atoms with van der Waals surface area (Å²) in [7, 11) is 3.39. The molecule has 0 aromatic heterocycles. The van der Waals surface area contributed by atoms with Gasteiger partial charge in [-0.05, 0) is 32.0 Å². The third-order valence-corrected chi connectivity index (χ3v) is 4.89. The van der Waals surface area contributed by atoms with E-state index < -0.39 is 6.10 Å². The van der Waals surface area contributed by atoms with Crippen molar-refractivity contribution in [3.8, 4) is 11.5 Å². The van der Waals surface area contributed by atoms with Gasteiger partial charge in [0.05, 0.1) is 12.8 Å². The number of aryl methyl sites for hydroxylation is 1. The SMILES string of the molecule is COc1ccc(C)cc1CN(C)C(=O)CCN1C(=O)C(C)Oc2ccccc21. The van der Waals surface area contributed by atoms with Gasteiger partial charge in [-0.2, -0.15) is 0 Å². The molecule has 1 aliphatic rings. The molecule has 0 saturated heterocycles. The summed E-state index contributed by atoms with van der Waals surface area (Å²) in [6.07, 6.45) is -0.323. The van der Waals surface area contributed by atoms with Gasteiger partial charge in [0.2, 0.25) is 5.91 Å². The van der Waals surface area contributed by atoms with Crippen LogP contribution in [0.2, 0.25) is 0 Å². The van der Waals surface area contributed by atoms with Crippen LogP contribution in [0.1, 0.15) is 24.5 Å². The minimum atomic E-state index is -0.556. The van der Waals surface area contributed by atoms with E-state index in [2.05, 4.69) is 0 Å². The molecule has 6 nitrogen and oxygen atoms in total. The van der Waals surface area contributed by atoms with Gasteiger partial charge in [0.15, 0.2) is 6.10 Å². The molecule has 0 fully saturated rings. The normalized spacial score (nSPS) is 15.6. The zero-order valence-electron chi connectivity index (χ0n) is 16.8. The van der Waals surface area contributed by atoms with Crippen LogP contribution in [0, 0.1) is 6.92 Å². The molecule has 0 spiro atoms. The number of hydrogen-bond acceptors (Lipinski definition) is 4. The number of anilines is 1. The molecular weight excluding hydrogens is 356 g/mol. The Morgan fingerprint density at radius 1 is 1.25 bits per heavy atom. The Bertz CT molecular complexity index is 881. The lowest BCUT2D eigenvalue weighted by Crippen LogP contribution is -2.45. The second-order valence-electron chi connectivity index (χ2n) is 7.03. The molecule has 1 aliphatic heterocycles. The maximum absolute atomic E-state index is 12.7. The highest BCUT2D eigenvalue weighted by molar-refractivity contribution is 6.00. The number of nitrogens with zero attached hydrogens (tertiary/aromatic N) is 2. The van der Waals surface area contributed by atoms with Crippen molar-refractivity contribution < 1.29 is 19.1 Å². The molecular formula is C22H26N2O4. The van der Waals surface area contributed by atoms with Gasteiger partial charge in [0.1, 0.15) is 11.5 Å². The lowest BCUT2D eigenvalue weighted by Gasteiger charge is -2.33. The van der Waals surface area contributed by atoms with E-state index in [4.69, 9.17) is 9.47 Å². The lowest BCUT2D eigenvalue weighted by molar-refractivity contribution is -0.130. The fraction of sp³-hybridized carbons (Fsp3) is 0.364. The Kier molecular flexibility index (Phi) is 5.87. The molecule has 0 radical (unpaired) electrons. The van der Waals surface area contributed by atoms with Crippen LogP contribution in [-0.4, -0.2) is 43.5 Å². The first-order chi connectivity index (χ1) is 13.4. The summed E-state index contributed by atoms with van der Waals surface area (Å²) in [4.78, 5) is 28.5. The second-order valence-corrected chi connectivity index (χ2v) is 7.03. The number of fused-ring (bicyclic) bond motifs is 1. The average molecular weight is 382 g/mol. The number of benzene rings is 2. The molecule has 3 rings (SSSR count). The van der Waals surface area contributed by atoms with E-state index >= 15 is 0 Å². The van der Waals surface area contributed by atoms with Crippen molar-refractivity contribution in [3.05, 3.63) is 53.6 Å². The molecule has 0 aliphatic carbocycles. The lowest BCUT2D eigenvalue weighted by atomic mass is 10.1. The smallest absolute Gasteiger partial charge is 0.267 e. The Balaban J connectivity index is 1.67. The summed E-state index contributed by atoms with van der Waals surface area (Å²) in [5, 5.41) is 0. The number of ether oxygens (including phenoxy) is 2. The zero-order chi connectivity index (χ0) is 20.3. The van der Waals surface area contributed by atoms with E-state index in [0.29, 0.717) is 24.5 Å². The van der Waals surface area contributed by atoms with Crippen LogP contribution >= 0.6 is 0 Å². The van der Waals surface area contributed by atoms with Crippen LogP contribution in [0.15, 0.2) is 42.5 Å². The van der Waals surface area contributed by atoms with Crippen LogP contribution < -0.4 is 14.4 Å². The van der Waals surface area contributed by atoms with Crippen LogP contribution in [0.3, 0.4) is 0 Å². The highest BCUT2D eigenvalue weighted by Crippen LogP contribution is 2.33. The fourth-order valence-corrected chi connectivity index (χ4v) is 3.36. The maximum Gasteiger partial charge on any atom is 0.267 e. The van der Waals surface area contributed by atoms with E-state index in [9.17, 15) is 9.59 Å². The predicted molar refractivity (Wildman–Crippen MR) is 108 cm³/mol. The topological polar surface area (TPSA) is 59.1 Å². The van der Waals surface area contributed by atoms with E-state index in [-0.39, 0.29) is 18.2 Å². The van der Waals surface area contributed by atoms with Crippen molar-refractivity contribution in [1.82, 2.24) is 4.90 Å². The minimum Gasteiger partial charge on any atom is -0.496 e. The van der Waals surface area contributed by atoms with E-state index in [1.54, 1.807) is 30.9 Å². The standard InChI is InChI=1S/C22H26N2O4/c1-15-9-10-19(27-4)17(13-15)14-23(3)21(25)11-12-24-18-7-5-6-8-20(18)28-16(2)22(24)26/h5-10,13,16H,11-12,14H2,1-4H3. The molecule has 1 heterocycles. The number of carbonyl (C=O) groups excluding carboxylic acids is 2. The molecule has 2 aromatic rings. The maximum atomic E-state index is 12.7. The summed E-state index contributed by atoms with van der Waals surface area (Å²) in [5.74, 6) is 1.26. The number of methoxy groups -OCH3 is 1. The number of hydrogen-bond donors (Lipinski definition) is 0. The number of para-hydroxylation sites is 2. The molecule has 2 aromatic carbocycles. The van der Waals surface area contributed by atoms with Gasteiger partial charge in [0.25, 0.3) is 5.91 Å². The first-order valence-electron chi connectivity index (χ1n) is 9.35. The van der Waals surface area contributed by atoms with Crippen LogP contribution in [0.25, 0.3) is 0 Å². The highest BCUT2D eigenvalue weighted by atomic mass is 16.5. The van der Waals surface area contributed by atoms with Gasteiger partial charge in [-0.15, -0.1) is 0 Å². The third-order valence-electron chi connectivity index (χ3n) is 4.89. The van der Waals surface area contributed by atoms with E-state index in [0.717, 1.165) is 16.9 Å². The molecule has 1 unspecified atom stereocenters. The number of carbonyl (C=O) groups is 2. The van der Waals surface area contributed by atoms with Crippen molar-refractivity contribution in [3.63, 3.8) is 0 Å². The van der Waals surface area contributed by atoms with Crippen molar-refractivity contribution in [2.24, 2.45) is 0 Å². The molecule has 148 valence electrons. The van der Waals surface area contributed by atoms with E-state index in [1.165, 1.54) is 0 Å². The third kappa shape index (κ3) is 4.11. The summed E-state index contributed by atoms with van der Waals surface area (Å²) in [5.41, 5.74) is 2.78. The molecule has 2 amide bonds. The van der Waals surface area contributed by atoms with Gasteiger partial charge in [0, 0.05) is 32.1 Å². The Morgan fingerprint density at radius 3 is 2.75 bits per heavy atom. The van der Waals surface area contributed by atoms with Gasteiger partial charge in [-0.1, -0.05) is 29.8 Å². The Morgan fingerprint density at radius 2 is 2.00 bits per heavy atom. The van der Waals surface area contributed by atoms with Crippen molar-refractivity contribution in [2.75, 3.05) is 25.6 Å². The molecule has 6 heteroatoms. The monoisotopic (exact) mass is 382 g/mol. The quantitative estimate of drug-likeness (QED) is 0.770. The van der Waals surface area contributed by atoms with Crippen molar-refractivity contribution in [2.45, 2.75) is 32.9 Å². The second kappa shape index (κ2) is 8.33. The van der Waals surface area contributed by atoms with Crippen LogP contribution in [0.5, 0.6) is 11.5 Å². The fourth-order valence-electron chi connectivity index (χ4n) is 3.36. The Labute approximate surface area is 165 Å².